The molecular weight excluding hydrogens is 248 g/mol. The Labute approximate surface area is 123 Å². The lowest BCUT2D eigenvalue weighted by Gasteiger charge is -2.30. The molecule has 0 aliphatic heterocycles. The molecule has 0 amide bonds. The highest BCUT2D eigenvalue weighted by molar-refractivity contribution is 5.41. The molecule has 2 atom stereocenters. The minimum absolute atomic E-state index is 0.700. The molecule has 1 aliphatic rings. The quantitative estimate of drug-likeness (QED) is 0.895. The van der Waals surface area contributed by atoms with Crippen molar-refractivity contribution < 1.29 is 4.74 Å². The van der Waals surface area contributed by atoms with Gasteiger partial charge >= 0.3 is 0 Å². The smallest absolute Gasteiger partial charge is 0.128 e. The Kier molecular flexibility index (Phi) is 5.41. The Balaban J connectivity index is 2.06. The second kappa shape index (κ2) is 7.07. The van der Waals surface area contributed by atoms with Gasteiger partial charge in [0.15, 0.2) is 0 Å². The molecule has 1 aliphatic carbocycles. The molecule has 1 fully saturated rings. The highest BCUT2D eigenvalue weighted by Crippen LogP contribution is 2.30. The predicted octanol–water partition coefficient (Wildman–Crippen LogP) is 3.42. The minimum Gasteiger partial charge on any atom is -0.496 e. The van der Waals surface area contributed by atoms with Gasteiger partial charge in [0.05, 0.1) is 7.11 Å². The average Bonchev–Trinajstić information content (AvgIpc) is 2.43. The summed E-state index contributed by atoms with van der Waals surface area (Å²) in [5.74, 6) is 1.76. The number of aromatic nitrogens is 1. The first-order valence-corrected chi connectivity index (χ1v) is 7.88. The van der Waals surface area contributed by atoms with E-state index < -0.39 is 0 Å². The second-order valence-corrected chi connectivity index (χ2v) is 6.04. The van der Waals surface area contributed by atoms with Gasteiger partial charge in [0, 0.05) is 29.1 Å². The zero-order chi connectivity index (χ0) is 14.5. The fourth-order valence-electron chi connectivity index (χ4n) is 3.50. The van der Waals surface area contributed by atoms with Crippen molar-refractivity contribution in [3.63, 3.8) is 0 Å². The van der Waals surface area contributed by atoms with Crippen LogP contribution >= 0.6 is 0 Å². The van der Waals surface area contributed by atoms with Crippen molar-refractivity contribution >= 4 is 0 Å². The van der Waals surface area contributed by atoms with Crippen molar-refractivity contribution in [1.82, 2.24) is 10.3 Å². The Morgan fingerprint density at radius 3 is 2.85 bits per heavy atom. The zero-order valence-electron chi connectivity index (χ0n) is 13.3. The Morgan fingerprint density at radius 2 is 2.15 bits per heavy atom. The number of pyridine rings is 1. The lowest BCUT2D eigenvalue weighted by Crippen LogP contribution is -2.34. The normalized spacial score (nSPS) is 22.8. The first-order valence-electron chi connectivity index (χ1n) is 7.88. The molecule has 2 unspecified atom stereocenters. The van der Waals surface area contributed by atoms with Crippen LogP contribution in [0, 0.1) is 19.8 Å². The average molecular weight is 276 g/mol. The first-order chi connectivity index (χ1) is 9.65. The molecule has 20 heavy (non-hydrogen) atoms. The lowest BCUT2D eigenvalue weighted by molar-refractivity contribution is 0.285. The maximum Gasteiger partial charge on any atom is 0.128 e. The van der Waals surface area contributed by atoms with Crippen molar-refractivity contribution in [2.45, 2.75) is 58.9 Å². The van der Waals surface area contributed by atoms with Gasteiger partial charge in [0.1, 0.15) is 5.75 Å². The standard InChI is InChI=1S/C17H28N2O/c1-5-18-15-8-6-7-14(9-15)10-16-13(3)17(20-4)12(2)11-19-16/h11,14-15,18H,5-10H2,1-4H3. The molecule has 0 bridgehead atoms. The van der Waals surface area contributed by atoms with Crippen LogP contribution in [-0.2, 0) is 6.42 Å². The maximum absolute atomic E-state index is 5.51. The number of ether oxygens (including phenoxy) is 1. The van der Waals surface area contributed by atoms with Crippen LogP contribution < -0.4 is 10.1 Å². The molecule has 1 N–H and O–H groups in total. The second-order valence-electron chi connectivity index (χ2n) is 6.04. The van der Waals surface area contributed by atoms with E-state index in [1.807, 2.05) is 6.20 Å². The van der Waals surface area contributed by atoms with Crippen molar-refractivity contribution in [1.29, 1.82) is 0 Å². The molecule has 3 heteroatoms. The summed E-state index contributed by atoms with van der Waals surface area (Å²) in [6.07, 6.45) is 8.32. The largest absolute Gasteiger partial charge is 0.496 e. The minimum atomic E-state index is 0.700. The fourth-order valence-corrected chi connectivity index (χ4v) is 3.50. The summed E-state index contributed by atoms with van der Waals surface area (Å²) >= 11 is 0. The molecule has 1 saturated carbocycles. The summed E-state index contributed by atoms with van der Waals surface area (Å²) in [4.78, 5) is 4.65. The van der Waals surface area contributed by atoms with E-state index in [-0.39, 0.29) is 0 Å². The van der Waals surface area contributed by atoms with Crippen LogP contribution in [0.1, 0.15) is 49.4 Å². The number of rotatable bonds is 5. The summed E-state index contributed by atoms with van der Waals surface area (Å²) in [6, 6.07) is 0.700. The first kappa shape index (κ1) is 15.3. The topological polar surface area (TPSA) is 34.2 Å². The highest BCUT2D eigenvalue weighted by atomic mass is 16.5. The highest BCUT2D eigenvalue weighted by Gasteiger charge is 2.23. The maximum atomic E-state index is 5.51. The molecular formula is C17H28N2O. The van der Waals surface area contributed by atoms with Gasteiger partial charge in [-0.3, -0.25) is 4.98 Å². The van der Waals surface area contributed by atoms with E-state index in [0.29, 0.717) is 6.04 Å². The van der Waals surface area contributed by atoms with E-state index >= 15 is 0 Å². The summed E-state index contributed by atoms with van der Waals surface area (Å²) in [5.41, 5.74) is 3.57. The number of methoxy groups -OCH3 is 1. The van der Waals surface area contributed by atoms with Crippen molar-refractivity contribution in [3.8, 4) is 5.75 Å². The Bertz CT molecular complexity index is 443. The fraction of sp³-hybridized carbons (Fsp3) is 0.706. The van der Waals surface area contributed by atoms with Gasteiger partial charge in [-0.05, 0) is 52.0 Å². The third kappa shape index (κ3) is 3.51. The van der Waals surface area contributed by atoms with Crippen LogP contribution in [0.15, 0.2) is 6.20 Å². The molecule has 1 aromatic heterocycles. The van der Waals surface area contributed by atoms with Crippen LogP contribution in [0.4, 0.5) is 0 Å². The van der Waals surface area contributed by atoms with E-state index in [1.54, 1.807) is 7.11 Å². The van der Waals surface area contributed by atoms with Gasteiger partial charge in [-0.2, -0.15) is 0 Å². The van der Waals surface area contributed by atoms with E-state index in [4.69, 9.17) is 4.74 Å². The van der Waals surface area contributed by atoms with Crippen LogP contribution in [-0.4, -0.2) is 24.7 Å². The molecule has 0 saturated heterocycles. The molecule has 1 heterocycles. The van der Waals surface area contributed by atoms with Gasteiger partial charge in [-0.25, -0.2) is 0 Å². The monoisotopic (exact) mass is 276 g/mol. The van der Waals surface area contributed by atoms with Crippen LogP contribution in [0.25, 0.3) is 0 Å². The van der Waals surface area contributed by atoms with Gasteiger partial charge in [-0.1, -0.05) is 13.3 Å². The van der Waals surface area contributed by atoms with Crippen molar-refractivity contribution in [2.24, 2.45) is 5.92 Å². The SMILES string of the molecule is CCNC1CCCC(Cc2ncc(C)c(OC)c2C)C1. The molecule has 0 aromatic carbocycles. The third-order valence-electron chi connectivity index (χ3n) is 4.51. The summed E-state index contributed by atoms with van der Waals surface area (Å²) in [6.45, 7) is 7.47. The third-order valence-corrected chi connectivity index (χ3v) is 4.51. The number of hydrogen-bond acceptors (Lipinski definition) is 3. The van der Waals surface area contributed by atoms with Crippen molar-refractivity contribution in [2.75, 3.05) is 13.7 Å². The van der Waals surface area contributed by atoms with Gasteiger partial charge in [-0.15, -0.1) is 0 Å². The predicted molar refractivity (Wildman–Crippen MR) is 83.4 cm³/mol. The molecule has 3 nitrogen and oxygen atoms in total. The summed E-state index contributed by atoms with van der Waals surface area (Å²) in [7, 11) is 1.75. The number of nitrogens with zero attached hydrogens (tertiary/aromatic N) is 1. The van der Waals surface area contributed by atoms with Gasteiger partial charge < -0.3 is 10.1 Å². The Hall–Kier alpha value is -1.09. The molecule has 112 valence electrons. The van der Waals surface area contributed by atoms with E-state index in [0.717, 1.165) is 30.2 Å². The number of aryl methyl sites for hydroxylation is 1. The molecule has 2 rings (SSSR count). The van der Waals surface area contributed by atoms with Gasteiger partial charge in [0.2, 0.25) is 0 Å². The van der Waals surface area contributed by atoms with E-state index in [1.165, 1.54) is 36.9 Å². The van der Waals surface area contributed by atoms with E-state index in [9.17, 15) is 0 Å². The molecule has 1 aromatic rings. The molecule has 0 spiro atoms. The Morgan fingerprint density at radius 1 is 1.35 bits per heavy atom. The van der Waals surface area contributed by atoms with Crippen molar-refractivity contribution in [3.05, 3.63) is 23.0 Å². The van der Waals surface area contributed by atoms with Gasteiger partial charge in [0.25, 0.3) is 0 Å². The van der Waals surface area contributed by atoms with Crippen LogP contribution in [0.5, 0.6) is 5.75 Å². The van der Waals surface area contributed by atoms with Crippen LogP contribution in [0.3, 0.4) is 0 Å². The number of hydrogen-bond donors (Lipinski definition) is 1. The lowest BCUT2D eigenvalue weighted by atomic mass is 9.82. The van der Waals surface area contributed by atoms with E-state index in [2.05, 4.69) is 31.1 Å². The summed E-state index contributed by atoms with van der Waals surface area (Å²) < 4.78 is 5.51. The zero-order valence-corrected chi connectivity index (χ0v) is 13.3. The number of nitrogens with one attached hydrogen (secondary N) is 1. The molecule has 0 radical (unpaired) electrons. The van der Waals surface area contributed by atoms with Crippen LogP contribution in [0.2, 0.25) is 0 Å². The summed E-state index contributed by atoms with van der Waals surface area (Å²) in [5, 5.41) is 3.60.